The lowest BCUT2D eigenvalue weighted by molar-refractivity contribution is 0.0954. The quantitative estimate of drug-likeness (QED) is 0.680. The van der Waals surface area contributed by atoms with Crippen LogP contribution in [-0.2, 0) is 0 Å². The Labute approximate surface area is 131 Å². The van der Waals surface area contributed by atoms with Gasteiger partial charge < -0.3 is 4.74 Å². The standard InChI is InChI=1S/C18H22N2O2/c1-12(2)15-6-5-13(3)17(11-15)19-20-18(21)14-7-9-16(22-4)10-8-14/h5,7-10,15H,1,6,11H2,2-4H3,(H,20,21)/t15-/m1/s1. The van der Waals surface area contributed by atoms with Crippen molar-refractivity contribution in [1.82, 2.24) is 5.43 Å². The first-order valence-electron chi connectivity index (χ1n) is 7.34. The Hall–Kier alpha value is -2.36. The fourth-order valence-electron chi connectivity index (χ4n) is 2.35. The van der Waals surface area contributed by atoms with E-state index < -0.39 is 0 Å². The zero-order valence-electron chi connectivity index (χ0n) is 13.3. The van der Waals surface area contributed by atoms with Gasteiger partial charge in [-0.15, -0.1) is 0 Å². The number of hydrogen-bond donors (Lipinski definition) is 1. The van der Waals surface area contributed by atoms with Gasteiger partial charge in [-0.2, -0.15) is 5.10 Å². The van der Waals surface area contributed by atoms with Gasteiger partial charge in [-0.3, -0.25) is 4.79 Å². The van der Waals surface area contributed by atoms with E-state index in [1.54, 1.807) is 31.4 Å². The third kappa shape index (κ3) is 3.85. The molecule has 0 fully saturated rings. The first-order valence-corrected chi connectivity index (χ1v) is 7.34. The maximum Gasteiger partial charge on any atom is 0.271 e. The van der Waals surface area contributed by atoms with E-state index in [1.165, 1.54) is 0 Å². The van der Waals surface area contributed by atoms with Gasteiger partial charge in [0.15, 0.2) is 0 Å². The van der Waals surface area contributed by atoms with E-state index in [2.05, 4.69) is 23.2 Å². The molecule has 2 rings (SSSR count). The minimum atomic E-state index is -0.222. The lowest BCUT2D eigenvalue weighted by Gasteiger charge is -2.22. The van der Waals surface area contributed by atoms with Crippen LogP contribution in [0.15, 0.2) is 53.2 Å². The molecule has 0 heterocycles. The van der Waals surface area contributed by atoms with Crippen molar-refractivity contribution in [3.8, 4) is 5.75 Å². The fraction of sp³-hybridized carbons (Fsp3) is 0.333. The molecule has 1 aliphatic carbocycles. The molecule has 1 aromatic rings. The first kappa shape index (κ1) is 16.0. The average Bonchev–Trinajstić information content (AvgIpc) is 2.53. The van der Waals surface area contributed by atoms with Gasteiger partial charge >= 0.3 is 0 Å². The van der Waals surface area contributed by atoms with Crippen molar-refractivity contribution in [3.05, 3.63) is 53.6 Å². The summed E-state index contributed by atoms with van der Waals surface area (Å²) in [5.41, 5.74) is 6.38. The molecule has 1 atom stereocenters. The van der Waals surface area contributed by atoms with Crippen LogP contribution in [0.5, 0.6) is 5.75 Å². The fourth-order valence-corrected chi connectivity index (χ4v) is 2.35. The van der Waals surface area contributed by atoms with Gasteiger partial charge in [-0.1, -0.05) is 18.2 Å². The molecule has 0 saturated carbocycles. The van der Waals surface area contributed by atoms with Crippen molar-refractivity contribution >= 4 is 11.6 Å². The Morgan fingerprint density at radius 3 is 2.64 bits per heavy atom. The third-order valence-corrected chi connectivity index (χ3v) is 3.95. The Bertz CT molecular complexity index is 627. The van der Waals surface area contributed by atoms with Gasteiger partial charge in [-0.25, -0.2) is 5.43 Å². The summed E-state index contributed by atoms with van der Waals surface area (Å²) < 4.78 is 5.08. The highest BCUT2D eigenvalue weighted by atomic mass is 16.5. The molecule has 0 aromatic heterocycles. The molecule has 1 aliphatic rings. The second kappa shape index (κ2) is 7.07. The predicted molar refractivity (Wildman–Crippen MR) is 89.2 cm³/mol. The van der Waals surface area contributed by atoms with Crippen molar-refractivity contribution in [2.45, 2.75) is 26.7 Å². The largest absolute Gasteiger partial charge is 0.497 e. The van der Waals surface area contributed by atoms with Crippen molar-refractivity contribution in [1.29, 1.82) is 0 Å². The molecule has 4 nitrogen and oxygen atoms in total. The minimum absolute atomic E-state index is 0.222. The number of amides is 1. The highest BCUT2D eigenvalue weighted by Gasteiger charge is 2.18. The molecule has 0 saturated heterocycles. The van der Waals surface area contributed by atoms with Crippen LogP contribution >= 0.6 is 0 Å². The maximum atomic E-state index is 12.1. The highest BCUT2D eigenvalue weighted by molar-refractivity contribution is 6.02. The van der Waals surface area contributed by atoms with Crippen LogP contribution in [0.1, 0.15) is 37.0 Å². The number of hydrazone groups is 1. The smallest absolute Gasteiger partial charge is 0.271 e. The first-order chi connectivity index (χ1) is 10.5. The summed E-state index contributed by atoms with van der Waals surface area (Å²) in [6, 6.07) is 6.94. The highest BCUT2D eigenvalue weighted by Crippen LogP contribution is 2.26. The van der Waals surface area contributed by atoms with Crippen LogP contribution in [0.4, 0.5) is 0 Å². The van der Waals surface area contributed by atoms with E-state index in [0.717, 1.165) is 35.4 Å². The lowest BCUT2D eigenvalue weighted by Crippen LogP contribution is -2.23. The topological polar surface area (TPSA) is 50.7 Å². The van der Waals surface area contributed by atoms with Crippen LogP contribution in [0.25, 0.3) is 0 Å². The molecule has 22 heavy (non-hydrogen) atoms. The molecule has 1 aromatic carbocycles. The third-order valence-electron chi connectivity index (χ3n) is 3.95. The Morgan fingerprint density at radius 2 is 2.05 bits per heavy atom. The summed E-state index contributed by atoms with van der Waals surface area (Å²) in [7, 11) is 1.59. The number of rotatable bonds is 4. The number of hydrogen-bond acceptors (Lipinski definition) is 3. The number of methoxy groups -OCH3 is 1. The van der Waals surface area contributed by atoms with Crippen molar-refractivity contribution < 1.29 is 9.53 Å². The van der Waals surface area contributed by atoms with E-state index in [9.17, 15) is 4.79 Å². The minimum Gasteiger partial charge on any atom is -0.497 e. The molecular formula is C18H22N2O2. The van der Waals surface area contributed by atoms with E-state index in [1.807, 2.05) is 13.8 Å². The SMILES string of the molecule is C=C(C)[C@@H]1CC=C(C)C(=NNC(=O)c2ccc(OC)cc2)C1. The molecule has 0 unspecified atom stereocenters. The summed E-state index contributed by atoms with van der Waals surface area (Å²) in [4.78, 5) is 12.1. The number of nitrogens with zero attached hydrogens (tertiary/aromatic N) is 1. The monoisotopic (exact) mass is 298 g/mol. The van der Waals surface area contributed by atoms with Crippen LogP contribution in [0.3, 0.4) is 0 Å². The van der Waals surface area contributed by atoms with Gasteiger partial charge in [0, 0.05) is 5.56 Å². The number of allylic oxidation sites excluding steroid dienone is 3. The number of carbonyl (C=O) groups is 1. The molecule has 1 amide bonds. The van der Waals surface area contributed by atoms with Crippen molar-refractivity contribution in [2.24, 2.45) is 11.0 Å². The van der Waals surface area contributed by atoms with Gasteiger partial charge in [-0.05, 0) is 62.4 Å². The second-order valence-electron chi connectivity index (χ2n) is 5.60. The van der Waals surface area contributed by atoms with Gasteiger partial charge in [0.2, 0.25) is 0 Å². The number of benzene rings is 1. The summed E-state index contributed by atoms with van der Waals surface area (Å²) in [5, 5.41) is 4.29. The summed E-state index contributed by atoms with van der Waals surface area (Å²) in [5.74, 6) is 0.902. The number of nitrogens with one attached hydrogen (secondary N) is 1. The van der Waals surface area contributed by atoms with E-state index >= 15 is 0 Å². The average molecular weight is 298 g/mol. The number of ether oxygens (including phenoxy) is 1. The van der Waals surface area contributed by atoms with Gasteiger partial charge in [0.25, 0.3) is 5.91 Å². The molecule has 1 N–H and O–H groups in total. The van der Waals surface area contributed by atoms with Crippen molar-refractivity contribution in [2.75, 3.05) is 7.11 Å². The summed E-state index contributed by atoms with van der Waals surface area (Å²) in [6.07, 6.45) is 3.97. The normalized spacial score (nSPS) is 19.5. The van der Waals surface area contributed by atoms with Crippen LogP contribution < -0.4 is 10.2 Å². The Balaban J connectivity index is 2.06. The van der Waals surface area contributed by atoms with Gasteiger partial charge in [0.1, 0.15) is 5.75 Å². The molecule has 0 radical (unpaired) electrons. The molecule has 116 valence electrons. The Kier molecular flexibility index (Phi) is 5.15. The lowest BCUT2D eigenvalue weighted by atomic mass is 9.85. The molecule has 4 heteroatoms. The van der Waals surface area contributed by atoms with Crippen LogP contribution in [-0.4, -0.2) is 18.7 Å². The van der Waals surface area contributed by atoms with Crippen LogP contribution in [0.2, 0.25) is 0 Å². The summed E-state index contributed by atoms with van der Waals surface area (Å²) in [6.45, 7) is 8.07. The van der Waals surface area contributed by atoms with Crippen LogP contribution in [0, 0.1) is 5.92 Å². The zero-order valence-corrected chi connectivity index (χ0v) is 13.3. The van der Waals surface area contributed by atoms with Gasteiger partial charge in [0.05, 0.1) is 12.8 Å². The number of carbonyl (C=O) groups excluding carboxylic acids is 1. The van der Waals surface area contributed by atoms with E-state index in [-0.39, 0.29) is 5.91 Å². The summed E-state index contributed by atoms with van der Waals surface area (Å²) >= 11 is 0. The maximum absolute atomic E-state index is 12.1. The second-order valence-corrected chi connectivity index (χ2v) is 5.60. The van der Waals surface area contributed by atoms with E-state index in [0.29, 0.717) is 11.5 Å². The molecule has 0 aliphatic heterocycles. The zero-order chi connectivity index (χ0) is 16.1. The van der Waals surface area contributed by atoms with Crippen molar-refractivity contribution in [3.63, 3.8) is 0 Å². The van der Waals surface area contributed by atoms with E-state index in [4.69, 9.17) is 4.74 Å². The molecule has 0 spiro atoms. The predicted octanol–water partition coefficient (Wildman–Crippen LogP) is 3.71. The Morgan fingerprint density at radius 1 is 1.36 bits per heavy atom. The molecule has 0 bridgehead atoms. The molecular weight excluding hydrogens is 276 g/mol.